The Labute approximate surface area is 173 Å². The van der Waals surface area contributed by atoms with Gasteiger partial charge in [0.1, 0.15) is 4.21 Å². The number of sulfonamides is 1. The Morgan fingerprint density at radius 2 is 1.86 bits per heavy atom. The van der Waals surface area contributed by atoms with Crippen molar-refractivity contribution in [2.45, 2.75) is 23.6 Å². The van der Waals surface area contributed by atoms with Crippen LogP contribution in [0.2, 0.25) is 0 Å². The minimum atomic E-state index is -3.75. The predicted octanol–water partition coefficient (Wildman–Crippen LogP) is 1.85. The summed E-state index contributed by atoms with van der Waals surface area (Å²) in [6, 6.07) is 7.89. The number of hydrogen-bond acceptors (Lipinski definition) is 6. The van der Waals surface area contributed by atoms with E-state index in [1.165, 1.54) is 6.07 Å². The fraction of sp³-hybridized carbons (Fsp3) is 0.235. The quantitative estimate of drug-likeness (QED) is 0.578. The monoisotopic (exact) mass is 485 g/mol. The van der Waals surface area contributed by atoms with Crippen molar-refractivity contribution in [2.75, 3.05) is 6.54 Å². The van der Waals surface area contributed by atoms with Gasteiger partial charge in [0.05, 0.1) is 17.7 Å². The molecule has 0 unspecified atom stereocenters. The molecule has 8 nitrogen and oxygen atoms in total. The number of carbonyl (C=O) groups excluding carboxylic acids is 3. The van der Waals surface area contributed by atoms with E-state index < -0.39 is 10.0 Å². The lowest BCUT2D eigenvalue weighted by molar-refractivity contribution is -0.121. The number of halogens is 1. The van der Waals surface area contributed by atoms with E-state index in [0.717, 1.165) is 16.2 Å². The number of amides is 3. The molecule has 0 radical (unpaired) electrons. The van der Waals surface area contributed by atoms with Crippen molar-refractivity contribution >= 4 is 55.0 Å². The molecule has 11 heteroatoms. The fourth-order valence-corrected chi connectivity index (χ4v) is 4.82. The van der Waals surface area contributed by atoms with Gasteiger partial charge in [-0.15, -0.1) is 11.3 Å². The first-order valence-corrected chi connectivity index (χ1v) is 11.4. The van der Waals surface area contributed by atoms with Gasteiger partial charge in [-0.3, -0.25) is 19.3 Å². The van der Waals surface area contributed by atoms with Gasteiger partial charge in [0.25, 0.3) is 11.8 Å². The Bertz CT molecular complexity index is 1060. The number of thiophene rings is 1. The van der Waals surface area contributed by atoms with E-state index >= 15 is 0 Å². The molecule has 0 bridgehead atoms. The summed E-state index contributed by atoms with van der Waals surface area (Å²) < 4.78 is 23.2. The predicted molar refractivity (Wildman–Crippen MR) is 106 cm³/mol. The Kier molecular flexibility index (Phi) is 5.98. The van der Waals surface area contributed by atoms with Crippen molar-refractivity contribution in [3.63, 3.8) is 0 Å². The first-order valence-electron chi connectivity index (χ1n) is 8.21. The second kappa shape index (κ2) is 8.11. The van der Waals surface area contributed by atoms with Crippen LogP contribution in [0.3, 0.4) is 0 Å². The second-order valence-corrected chi connectivity index (χ2v) is 9.97. The van der Waals surface area contributed by atoms with Crippen LogP contribution in [-0.2, 0) is 21.4 Å². The van der Waals surface area contributed by atoms with Crippen LogP contribution in [0.4, 0.5) is 0 Å². The highest BCUT2D eigenvalue weighted by Crippen LogP contribution is 2.26. The van der Waals surface area contributed by atoms with Gasteiger partial charge in [-0.05, 0) is 36.8 Å². The Morgan fingerprint density at radius 3 is 2.54 bits per heavy atom. The van der Waals surface area contributed by atoms with E-state index in [4.69, 9.17) is 5.14 Å². The third-order valence-corrected chi connectivity index (χ3v) is 7.11. The molecule has 1 aliphatic heterocycles. The van der Waals surface area contributed by atoms with Gasteiger partial charge in [-0.1, -0.05) is 15.9 Å². The number of carbonyl (C=O) groups is 3. The lowest BCUT2D eigenvalue weighted by atomic mass is 10.1. The summed E-state index contributed by atoms with van der Waals surface area (Å²) in [6.07, 6.45) is 0.454. The summed E-state index contributed by atoms with van der Waals surface area (Å²) in [4.78, 5) is 38.4. The third-order valence-electron chi connectivity index (χ3n) is 4.10. The van der Waals surface area contributed by atoms with E-state index in [1.807, 2.05) is 0 Å². The lowest BCUT2D eigenvalue weighted by Gasteiger charge is -2.13. The standard InChI is InChI=1S/C17H16BrN3O5S2/c18-10-3-5-12-13(8-10)17(24)21(16(12)23)7-1-2-14(22)20-9-11-4-6-15(27-11)28(19,25)26/h3-6,8H,1-2,7,9H2,(H,20,22)(H2,19,25,26). The minimum Gasteiger partial charge on any atom is -0.351 e. The third kappa shape index (κ3) is 4.49. The second-order valence-electron chi connectivity index (χ2n) is 6.10. The molecule has 3 amide bonds. The molecule has 28 heavy (non-hydrogen) atoms. The van der Waals surface area contributed by atoms with Crippen molar-refractivity contribution in [2.24, 2.45) is 5.14 Å². The van der Waals surface area contributed by atoms with Crippen LogP contribution in [0.5, 0.6) is 0 Å². The molecule has 1 aromatic carbocycles. The molecule has 3 rings (SSSR count). The Balaban J connectivity index is 1.48. The molecule has 0 aliphatic carbocycles. The van der Waals surface area contributed by atoms with Crippen LogP contribution >= 0.6 is 27.3 Å². The number of benzene rings is 1. The fourth-order valence-electron chi connectivity index (χ4n) is 2.74. The molecule has 1 aromatic heterocycles. The lowest BCUT2D eigenvalue weighted by Crippen LogP contribution is -2.32. The largest absolute Gasteiger partial charge is 0.351 e. The summed E-state index contributed by atoms with van der Waals surface area (Å²) in [5, 5.41) is 7.72. The zero-order valence-corrected chi connectivity index (χ0v) is 17.7. The molecule has 2 aromatic rings. The molecule has 0 saturated carbocycles. The maximum absolute atomic E-state index is 12.4. The molecule has 3 N–H and O–H groups in total. The van der Waals surface area contributed by atoms with Gasteiger partial charge in [-0.25, -0.2) is 13.6 Å². The number of rotatable bonds is 7. The zero-order chi connectivity index (χ0) is 20.5. The summed E-state index contributed by atoms with van der Waals surface area (Å²) in [6.45, 7) is 0.325. The van der Waals surface area contributed by atoms with Crippen LogP contribution in [-0.4, -0.2) is 37.6 Å². The molecule has 0 spiro atoms. The molecule has 1 aliphatic rings. The number of nitrogens with zero attached hydrogens (tertiary/aromatic N) is 1. The molecular weight excluding hydrogens is 470 g/mol. The summed E-state index contributed by atoms with van der Waals surface area (Å²) in [5.41, 5.74) is 0.716. The van der Waals surface area contributed by atoms with E-state index in [1.54, 1.807) is 24.3 Å². The molecule has 0 fully saturated rings. The van der Waals surface area contributed by atoms with Gasteiger partial charge in [0, 0.05) is 22.3 Å². The van der Waals surface area contributed by atoms with Crippen molar-refractivity contribution < 1.29 is 22.8 Å². The van der Waals surface area contributed by atoms with Crippen molar-refractivity contribution in [1.82, 2.24) is 10.2 Å². The van der Waals surface area contributed by atoms with Crippen molar-refractivity contribution in [1.29, 1.82) is 0 Å². The first-order chi connectivity index (χ1) is 13.2. The van der Waals surface area contributed by atoms with Crippen LogP contribution in [0, 0.1) is 0 Å². The van der Waals surface area contributed by atoms with Gasteiger partial charge in [0.2, 0.25) is 15.9 Å². The zero-order valence-electron chi connectivity index (χ0n) is 14.5. The smallest absolute Gasteiger partial charge is 0.261 e. The summed E-state index contributed by atoms with van der Waals surface area (Å²) >= 11 is 4.27. The van der Waals surface area contributed by atoms with E-state index in [-0.39, 0.29) is 41.4 Å². The number of hydrogen-bond donors (Lipinski definition) is 2. The van der Waals surface area contributed by atoms with Gasteiger partial charge in [0.15, 0.2) is 0 Å². The molecular formula is C17H16BrN3O5S2. The van der Waals surface area contributed by atoms with Gasteiger partial charge < -0.3 is 5.32 Å². The number of nitrogens with one attached hydrogen (secondary N) is 1. The molecule has 0 atom stereocenters. The Morgan fingerprint density at radius 1 is 1.14 bits per heavy atom. The van der Waals surface area contributed by atoms with E-state index in [9.17, 15) is 22.8 Å². The van der Waals surface area contributed by atoms with Crippen LogP contribution in [0.15, 0.2) is 39.0 Å². The number of primary sulfonamides is 1. The highest BCUT2D eigenvalue weighted by Gasteiger charge is 2.35. The average Bonchev–Trinajstić information content (AvgIpc) is 3.19. The van der Waals surface area contributed by atoms with E-state index in [0.29, 0.717) is 26.9 Å². The van der Waals surface area contributed by atoms with Crippen LogP contribution in [0.25, 0.3) is 0 Å². The first kappa shape index (κ1) is 20.6. The molecule has 2 heterocycles. The molecule has 0 saturated heterocycles. The number of nitrogens with two attached hydrogens (primary N) is 1. The minimum absolute atomic E-state index is 0.0361. The normalized spacial score (nSPS) is 13.7. The van der Waals surface area contributed by atoms with Crippen molar-refractivity contribution in [3.05, 3.63) is 50.8 Å². The highest BCUT2D eigenvalue weighted by molar-refractivity contribution is 9.10. The maximum Gasteiger partial charge on any atom is 0.261 e. The maximum atomic E-state index is 12.4. The van der Waals surface area contributed by atoms with Crippen molar-refractivity contribution in [3.8, 4) is 0 Å². The average molecular weight is 486 g/mol. The van der Waals surface area contributed by atoms with Crippen LogP contribution in [0.1, 0.15) is 38.4 Å². The van der Waals surface area contributed by atoms with Crippen LogP contribution < -0.4 is 10.5 Å². The number of imide groups is 1. The topological polar surface area (TPSA) is 127 Å². The van der Waals surface area contributed by atoms with E-state index in [2.05, 4.69) is 21.2 Å². The highest BCUT2D eigenvalue weighted by atomic mass is 79.9. The Hall–Kier alpha value is -2.08. The van der Waals surface area contributed by atoms with Gasteiger partial charge in [-0.2, -0.15) is 0 Å². The number of fused-ring (bicyclic) bond motifs is 1. The SMILES string of the molecule is NS(=O)(=O)c1ccc(CNC(=O)CCCN2C(=O)c3ccc(Br)cc3C2=O)s1. The summed E-state index contributed by atoms with van der Waals surface area (Å²) in [5.74, 6) is -0.984. The summed E-state index contributed by atoms with van der Waals surface area (Å²) in [7, 11) is -3.75. The molecule has 148 valence electrons. The van der Waals surface area contributed by atoms with Gasteiger partial charge >= 0.3 is 0 Å².